The molecule has 36 heavy (non-hydrogen) atoms. The average molecular weight is 505 g/mol. The Morgan fingerprint density at radius 2 is 1.97 bits per heavy atom. The number of thioether (sulfide) groups is 1. The van der Waals surface area contributed by atoms with Gasteiger partial charge in [0.05, 0.1) is 11.9 Å². The molecule has 4 aromatic rings. The van der Waals surface area contributed by atoms with Gasteiger partial charge in [-0.15, -0.1) is 0 Å². The van der Waals surface area contributed by atoms with Crippen molar-refractivity contribution in [1.82, 2.24) is 14.8 Å². The molecule has 0 bridgehead atoms. The van der Waals surface area contributed by atoms with Crippen LogP contribution in [0.5, 0.6) is 0 Å². The van der Waals surface area contributed by atoms with Crippen molar-refractivity contribution in [3.8, 4) is 11.1 Å². The third-order valence-corrected chi connectivity index (χ3v) is 8.73. The highest BCUT2D eigenvalue weighted by Crippen LogP contribution is 2.44. The van der Waals surface area contributed by atoms with Gasteiger partial charge in [0.15, 0.2) is 0 Å². The van der Waals surface area contributed by atoms with Crippen molar-refractivity contribution in [2.24, 2.45) is 7.05 Å². The molecule has 1 atom stereocenters. The van der Waals surface area contributed by atoms with Crippen LogP contribution in [0, 0.1) is 0 Å². The Morgan fingerprint density at radius 3 is 2.69 bits per heavy atom. The lowest BCUT2D eigenvalue weighted by molar-refractivity contribution is 0.152. The van der Waals surface area contributed by atoms with E-state index in [1.807, 2.05) is 37.3 Å². The summed E-state index contributed by atoms with van der Waals surface area (Å²) >= 11 is 1.95. The molecule has 2 aromatic carbocycles. The summed E-state index contributed by atoms with van der Waals surface area (Å²) in [5.41, 5.74) is 7.10. The van der Waals surface area contributed by atoms with E-state index in [2.05, 4.69) is 39.4 Å². The molecule has 0 fully saturated rings. The number of nitrogens with one attached hydrogen (secondary N) is 1. The molecule has 0 amide bonds. The summed E-state index contributed by atoms with van der Waals surface area (Å²) in [4.78, 5) is 5.53. The predicted molar refractivity (Wildman–Crippen MR) is 146 cm³/mol. The van der Waals surface area contributed by atoms with E-state index < -0.39 is 6.43 Å². The molecule has 3 heterocycles. The molecule has 1 aliphatic carbocycles. The zero-order valence-electron chi connectivity index (χ0n) is 20.6. The number of allylic oxidation sites excluding steroid dienone is 2. The fourth-order valence-electron chi connectivity index (χ4n) is 5.74. The molecule has 2 aromatic heterocycles. The van der Waals surface area contributed by atoms with Gasteiger partial charge in [-0.25, -0.2) is 8.78 Å². The highest BCUT2D eigenvalue weighted by molar-refractivity contribution is 7.99. The number of fused-ring (bicyclic) bond motifs is 2. The van der Waals surface area contributed by atoms with Crippen molar-refractivity contribution in [2.45, 2.75) is 43.8 Å². The lowest BCUT2D eigenvalue weighted by Gasteiger charge is -2.33. The number of halogens is 2. The first kappa shape index (κ1) is 23.3. The second-order valence-electron chi connectivity index (χ2n) is 9.84. The first-order chi connectivity index (χ1) is 17.5. The van der Waals surface area contributed by atoms with Gasteiger partial charge in [-0.3, -0.25) is 4.68 Å². The predicted octanol–water partition coefficient (Wildman–Crippen LogP) is 7.89. The number of aryl methyl sites for hydroxylation is 2. The van der Waals surface area contributed by atoms with Gasteiger partial charge < -0.3 is 9.88 Å². The molecular weight excluding hydrogens is 474 g/mol. The minimum Gasteiger partial charge on any atom is -0.366 e. The van der Waals surface area contributed by atoms with Crippen LogP contribution in [0.3, 0.4) is 0 Å². The number of alkyl halides is 2. The first-order valence-electron chi connectivity index (χ1n) is 12.6. The van der Waals surface area contributed by atoms with E-state index in [1.165, 1.54) is 17.6 Å². The summed E-state index contributed by atoms with van der Waals surface area (Å²) < 4.78 is 30.3. The lowest BCUT2D eigenvalue weighted by atomic mass is 9.90. The van der Waals surface area contributed by atoms with E-state index in [0.29, 0.717) is 10.8 Å². The summed E-state index contributed by atoms with van der Waals surface area (Å²) in [7, 11) is 1.81. The van der Waals surface area contributed by atoms with E-state index >= 15 is 0 Å². The zero-order valence-corrected chi connectivity index (χ0v) is 21.4. The van der Waals surface area contributed by atoms with Gasteiger partial charge in [-0.1, -0.05) is 6.08 Å². The van der Waals surface area contributed by atoms with Gasteiger partial charge in [0, 0.05) is 65.0 Å². The van der Waals surface area contributed by atoms with Crippen molar-refractivity contribution < 1.29 is 8.78 Å². The fourth-order valence-corrected chi connectivity index (χ4v) is 6.38. The molecule has 0 spiro atoms. The third kappa shape index (κ3) is 4.13. The number of anilines is 2. The van der Waals surface area contributed by atoms with Gasteiger partial charge in [0.2, 0.25) is 0 Å². The Labute approximate surface area is 214 Å². The van der Waals surface area contributed by atoms with Crippen molar-refractivity contribution in [3.63, 3.8) is 0 Å². The second-order valence-corrected chi connectivity index (χ2v) is 11.0. The van der Waals surface area contributed by atoms with Gasteiger partial charge >= 0.3 is 0 Å². The first-order valence-corrected chi connectivity index (χ1v) is 13.8. The summed E-state index contributed by atoms with van der Waals surface area (Å²) in [6.07, 6.45) is 14.8. The number of benzene rings is 2. The maximum atomic E-state index is 14.3. The van der Waals surface area contributed by atoms with Gasteiger partial charge in [-0.2, -0.15) is 16.9 Å². The van der Waals surface area contributed by atoms with Gasteiger partial charge in [0.1, 0.15) is 0 Å². The molecule has 0 saturated heterocycles. The lowest BCUT2D eigenvalue weighted by Crippen LogP contribution is -2.25. The van der Waals surface area contributed by atoms with Crippen molar-refractivity contribution in [2.75, 3.05) is 17.7 Å². The summed E-state index contributed by atoms with van der Waals surface area (Å²) in [6.45, 7) is 0.805. The Balaban J connectivity index is 1.47. The number of aromatic nitrogens is 3. The van der Waals surface area contributed by atoms with Crippen LogP contribution in [0.4, 0.5) is 20.2 Å². The van der Waals surface area contributed by atoms with E-state index in [0.717, 1.165) is 65.5 Å². The quantitative estimate of drug-likeness (QED) is 0.300. The molecule has 4 nitrogen and oxygen atoms in total. The van der Waals surface area contributed by atoms with E-state index in [-0.39, 0.29) is 5.56 Å². The van der Waals surface area contributed by atoms with Crippen LogP contribution in [-0.4, -0.2) is 32.8 Å². The standard InChI is InChI=1S/C29H30F2N4S/c1-34-17-22(15-33-34)24-11-19-4-3-9-35(27(19)13-25(24)29(30)31)28-12-20(10-21-14-32-16-26(21)28)18-5-7-23(36-2)8-6-18/h5,10-17,23,29,32H,3-4,6-9H2,1-2H3. The highest BCUT2D eigenvalue weighted by atomic mass is 32.2. The van der Waals surface area contributed by atoms with Crippen LogP contribution >= 0.6 is 11.8 Å². The Morgan fingerprint density at radius 1 is 1.08 bits per heavy atom. The molecule has 7 heteroatoms. The van der Waals surface area contributed by atoms with E-state index in [1.54, 1.807) is 23.1 Å². The van der Waals surface area contributed by atoms with Crippen molar-refractivity contribution in [1.29, 1.82) is 0 Å². The SMILES string of the molecule is CSC1CC=C(c2cc(N3CCCc4cc(-c5cnn(C)c5)c(C(F)F)cc43)c3c[nH]cc3c2)CC1. The molecule has 1 N–H and O–H groups in total. The molecule has 6 rings (SSSR count). The minimum absolute atomic E-state index is 0.0632. The smallest absolute Gasteiger partial charge is 0.264 e. The number of hydrogen-bond acceptors (Lipinski definition) is 3. The largest absolute Gasteiger partial charge is 0.366 e. The van der Waals surface area contributed by atoms with Crippen LogP contribution in [0.2, 0.25) is 0 Å². The van der Waals surface area contributed by atoms with Crippen LogP contribution in [0.15, 0.2) is 55.1 Å². The zero-order chi connectivity index (χ0) is 24.8. The molecule has 1 aliphatic heterocycles. The fraction of sp³-hybridized carbons (Fsp3) is 0.345. The van der Waals surface area contributed by atoms with E-state index in [4.69, 9.17) is 0 Å². The van der Waals surface area contributed by atoms with Gasteiger partial charge in [-0.05, 0) is 84.9 Å². The number of rotatable bonds is 5. The minimum atomic E-state index is -2.57. The highest BCUT2D eigenvalue weighted by Gasteiger charge is 2.26. The van der Waals surface area contributed by atoms with Crippen LogP contribution in [-0.2, 0) is 13.5 Å². The monoisotopic (exact) mass is 504 g/mol. The average Bonchev–Trinajstić information content (AvgIpc) is 3.56. The van der Waals surface area contributed by atoms with Crippen molar-refractivity contribution >= 4 is 39.5 Å². The summed E-state index contributed by atoms with van der Waals surface area (Å²) in [5.74, 6) is 0. The molecule has 2 aliphatic rings. The van der Waals surface area contributed by atoms with E-state index in [9.17, 15) is 8.78 Å². The molecule has 0 radical (unpaired) electrons. The Hall–Kier alpha value is -3.06. The maximum Gasteiger partial charge on any atom is 0.264 e. The summed E-state index contributed by atoms with van der Waals surface area (Å²) in [5, 5.41) is 7.19. The number of aromatic amines is 1. The van der Waals surface area contributed by atoms with Crippen LogP contribution in [0.1, 0.15) is 48.8 Å². The summed E-state index contributed by atoms with van der Waals surface area (Å²) in [6, 6.07) is 8.22. The number of nitrogens with zero attached hydrogens (tertiary/aromatic N) is 3. The Kier molecular flexibility index (Phi) is 6.12. The molecular formula is C29H30F2N4S. The van der Waals surface area contributed by atoms with Gasteiger partial charge in [0.25, 0.3) is 6.43 Å². The molecule has 0 saturated carbocycles. The maximum absolute atomic E-state index is 14.3. The second kappa shape index (κ2) is 9.43. The Bertz CT molecular complexity index is 1450. The topological polar surface area (TPSA) is 36.9 Å². The van der Waals surface area contributed by atoms with Crippen molar-refractivity contribution in [3.05, 3.63) is 71.8 Å². The third-order valence-electron chi connectivity index (χ3n) is 7.63. The molecule has 1 unspecified atom stereocenters. The number of hydrogen-bond donors (Lipinski definition) is 1. The normalized spacial score (nSPS) is 18.1. The molecule has 186 valence electrons. The van der Waals surface area contributed by atoms with Crippen LogP contribution < -0.4 is 4.90 Å². The van der Waals surface area contributed by atoms with Crippen LogP contribution in [0.25, 0.3) is 27.5 Å². The number of H-pyrrole nitrogens is 1.